The molecule has 1 saturated heterocycles. The maximum atomic E-state index is 13.0. The molecule has 2 aromatic rings. The number of nitrogens with zero attached hydrogens (tertiary/aromatic N) is 1. The first-order valence-corrected chi connectivity index (χ1v) is 10.3. The van der Waals surface area contributed by atoms with Crippen LogP contribution in [0, 0.1) is 0 Å². The molecule has 1 unspecified atom stereocenters. The molecule has 0 saturated carbocycles. The summed E-state index contributed by atoms with van der Waals surface area (Å²) in [5.41, 5.74) is 1.23. The molecule has 9 heteroatoms. The summed E-state index contributed by atoms with van der Waals surface area (Å²) in [5.74, 6) is 0.0522. The van der Waals surface area contributed by atoms with E-state index in [1.165, 1.54) is 19.1 Å². The Hall–Kier alpha value is -3.75. The van der Waals surface area contributed by atoms with Gasteiger partial charge in [-0.25, -0.2) is 4.79 Å². The lowest BCUT2D eigenvalue weighted by atomic mass is 10.1. The molecule has 0 spiro atoms. The highest BCUT2D eigenvalue weighted by atomic mass is 16.6. The van der Waals surface area contributed by atoms with Gasteiger partial charge in [-0.2, -0.15) is 0 Å². The number of cyclic esters (lactones) is 1. The first kappa shape index (κ1) is 21.5. The predicted molar refractivity (Wildman–Crippen MR) is 114 cm³/mol. The molecule has 2 atom stereocenters. The van der Waals surface area contributed by atoms with Crippen molar-refractivity contribution < 1.29 is 33.3 Å². The van der Waals surface area contributed by atoms with E-state index in [4.69, 9.17) is 18.9 Å². The fourth-order valence-electron chi connectivity index (χ4n) is 4.07. The summed E-state index contributed by atoms with van der Waals surface area (Å²) in [6.07, 6.45) is -0.514. The van der Waals surface area contributed by atoms with Gasteiger partial charge in [-0.15, -0.1) is 0 Å². The number of amides is 2. The van der Waals surface area contributed by atoms with Gasteiger partial charge in [0.05, 0.1) is 20.8 Å². The number of benzene rings is 2. The van der Waals surface area contributed by atoms with Crippen LogP contribution in [0.4, 0.5) is 5.69 Å². The SMILES string of the molecule is CCOc1ccc(NC(=O)[C@@H]2CCC(=O)N2C2OC(=O)c3c2ccc(OC)c3OC)cc1. The molecule has 0 bridgehead atoms. The first-order chi connectivity index (χ1) is 15.5. The number of anilines is 1. The Morgan fingerprint density at radius 2 is 1.88 bits per heavy atom. The monoisotopic (exact) mass is 440 g/mol. The molecule has 9 nitrogen and oxygen atoms in total. The zero-order valence-corrected chi connectivity index (χ0v) is 18.0. The van der Waals surface area contributed by atoms with Crippen molar-refractivity contribution >= 4 is 23.5 Å². The highest BCUT2D eigenvalue weighted by Gasteiger charge is 2.47. The third-order valence-electron chi connectivity index (χ3n) is 5.51. The molecule has 2 heterocycles. The van der Waals surface area contributed by atoms with Gasteiger partial charge in [0.25, 0.3) is 0 Å². The number of carbonyl (C=O) groups is 3. The fourth-order valence-corrected chi connectivity index (χ4v) is 4.07. The highest BCUT2D eigenvalue weighted by Crippen LogP contribution is 2.45. The standard InChI is InChI=1S/C23H24N2O7/c1-4-31-14-7-5-13(6-8-14)24-21(27)16-10-12-18(26)25(16)22-15-9-11-17(29-2)20(30-3)19(15)23(28)32-22/h5-9,11,16,22H,4,10,12H2,1-3H3,(H,24,27)/t16-,22?/m0/s1. The lowest BCUT2D eigenvalue weighted by Gasteiger charge is -2.29. The Balaban J connectivity index is 1.59. The molecule has 2 aromatic carbocycles. The normalized spacial score (nSPS) is 19.4. The van der Waals surface area contributed by atoms with Crippen LogP contribution in [-0.2, 0) is 14.3 Å². The zero-order valence-electron chi connectivity index (χ0n) is 18.0. The van der Waals surface area contributed by atoms with Crippen LogP contribution < -0.4 is 19.5 Å². The van der Waals surface area contributed by atoms with Gasteiger partial charge in [-0.3, -0.25) is 14.5 Å². The number of ether oxygens (including phenoxy) is 4. The van der Waals surface area contributed by atoms with Crippen molar-refractivity contribution in [3.05, 3.63) is 47.5 Å². The molecule has 168 valence electrons. The van der Waals surface area contributed by atoms with Crippen LogP contribution in [0.5, 0.6) is 17.2 Å². The molecular weight excluding hydrogens is 416 g/mol. The van der Waals surface area contributed by atoms with Crippen LogP contribution >= 0.6 is 0 Å². The molecule has 1 fully saturated rings. The minimum atomic E-state index is -1.01. The van der Waals surface area contributed by atoms with E-state index in [2.05, 4.69) is 5.32 Å². The Bertz CT molecular complexity index is 1050. The number of esters is 1. The van der Waals surface area contributed by atoms with Crippen LogP contribution in [0.3, 0.4) is 0 Å². The van der Waals surface area contributed by atoms with Gasteiger partial charge in [0.15, 0.2) is 11.5 Å². The Morgan fingerprint density at radius 1 is 1.12 bits per heavy atom. The summed E-state index contributed by atoms with van der Waals surface area (Å²) < 4.78 is 21.5. The van der Waals surface area contributed by atoms with Crippen LogP contribution in [0.15, 0.2) is 36.4 Å². The second-order valence-electron chi connectivity index (χ2n) is 7.33. The highest BCUT2D eigenvalue weighted by molar-refractivity contribution is 6.01. The summed E-state index contributed by atoms with van der Waals surface area (Å²) in [7, 11) is 2.89. The van der Waals surface area contributed by atoms with Crippen LogP contribution in [-0.4, -0.2) is 49.6 Å². The zero-order chi connectivity index (χ0) is 22.8. The Kier molecular flexibility index (Phi) is 5.89. The van der Waals surface area contributed by atoms with Crippen molar-refractivity contribution in [2.75, 3.05) is 26.1 Å². The molecule has 1 N–H and O–H groups in total. The van der Waals surface area contributed by atoms with Gasteiger partial charge in [0, 0.05) is 17.7 Å². The lowest BCUT2D eigenvalue weighted by molar-refractivity contribution is -0.144. The number of rotatable bonds is 7. The van der Waals surface area contributed by atoms with Crippen molar-refractivity contribution in [3.8, 4) is 17.2 Å². The minimum absolute atomic E-state index is 0.179. The number of nitrogens with one attached hydrogen (secondary N) is 1. The lowest BCUT2D eigenvalue weighted by Crippen LogP contribution is -2.43. The summed E-state index contributed by atoms with van der Waals surface area (Å²) in [6, 6.07) is 9.47. The number of hydrogen-bond acceptors (Lipinski definition) is 7. The molecule has 2 aliphatic heterocycles. The molecule has 0 aliphatic carbocycles. The smallest absolute Gasteiger partial charge is 0.344 e. The molecule has 0 radical (unpaired) electrons. The summed E-state index contributed by atoms with van der Waals surface area (Å²) in [4.78, 5) is 39.7. The summed E-state index contributed by atoms with van der Waals surface area (Å²) >= 11 is 0. The molecule has 2 aliphatic rings. The number of likely N-dealkylation sites (tertiary alicyclic amines) is 1. The van der Waals surface area contributed by atoms with Gasteiger partial charge in [0.1, 0.15) is 17.4 Å². The van der Waals surface area contributed by atoms with Crippen molar-refractivity contribution in [1.82, 2.24) is 4.90 Å². The van der Waals surface area contributed by atoms with Crippen LogP contribution in [0.2, 0.25) is 0 Å². The van der Waals surface area contributed by atoms with E-state index in [0.29, 0.717) is 35.8 Å². The van der Waals surface area contributed by atoms with Crippen molar-refractivity contribution in [2.45, 2.75) is 32.0 Å². The minimum Gasteiger partial charge on any atom is -0.494 e. The topological polar surface area (TPSA) is 103 Å². The third-order valence-corrected chi connectivity index (χ3v) is 5.51. The van der Waals surface area contributed by atoms with E-state index in [1.807, 2.05) is 6.92 Å². The van der Waals surface area contributed by atoms with Crippen LogP contribution in [0.1, 0.15) is 41.9 Å². The van der Waals surface area contributed by atoms with Gasteiger partial charge in [0.2, 0.25) is 18.0 Å². The number of hydrogen-bond donors (Lipinski definition) is 1. The van der Waals surface area contributed by atoms with E-state index in [9.17, 15) is 14.4 Å². The maximum Gasteiger partial charge on any atom is 0.344 e. The van der Waals surface area contributed by atoms with Gasteiger partial charge < -0.3 is 24.3 Å². The number of fused-ring (bicyclic) bond motifs is 1. The fraction of sp³-hybridized carbons (Fsp3) is 0.348. The second kappa shape index (κ2) is 8.78. The molecule has 32 heavy (non-hydrogen) atoms. The number of carbonyl (C=O) groups excluding carboxylic acids is 3. The van der Waals surface area contributed by atoms with E-state index in [0.717, 1.165) is 0 Å². The Labute approximate surface area is 185 Å². The van der Waals surface area contributed by atoms with Crippen molar-refractivity contribution in [1.29, 1.82) is 0 Å². The maximum absolute atomic E-state index is 13.0. The van der Waals surface area contributed by atoms with Gasteiger partial charge >= 0.3 is 5.97 Å². The van der Waals surface area contributed by atoms with Crippen molar-refractivity contribution in [2.24, 2.45) is 0 Å². The largest absolute Gasteiger partial charge is 0.494 e. The van der Waals surface area contributed by atoms with Gasteiger partial charge in [-0.1, -0.05) is 0 Å². The molecular formula is C23H24N2O7. The van der Waals surface area contributed by atoms with E-state index in [-0.39, 0.29) is 29.5 Å². The molecule has 4 rings (SSSR count). The van der Waals surface area contributed by atoms with E-state index < -0.39 is 18.2 Å². The van der Waals surface area contributed by atoms with Gasteiger partial charge in [-0.05, 0) is 49.7 Å². The average molecular weight is 440 g/mol. The van der Waals surface area contributed by atoms with E-state index in [1.54, 1.807) is 36.4 Å². The quantitative estimate of drug-likeness (QED) is 0.660. The summed E-state index contributed by atoms with van der Waals surface area (Å²) in [6.45, 7) is 2.43. The molecule has 2 amide bonds. The van der Waals surface area contributed by atoms with E-state index >= 15 is 0 Å². The predicted octanol–water partition coefficient (Wildman–Crippen LogP) is 2.90. The second-order valence-corrected chi connectivity index (χ2v) is 7.33. The molecule has 0 aromatic heterocycles. The third kappa shape index (κ3) is 3.70. The first-order valence-electron chi connectivity index (χ1n) is 10.3. The van der Waals surface area contributed by atoms with Crippen LogP contribution in [0.25, 0.3) is 0 Å². The summed E-state index contributed by atoms with van der Waals surface area (Å²) in [5, 5.41) is 2.83. The Morgan fingerprint density at radius 3 is 2.53 bits per heavy atom. The average Bonchev–Trinajstić information content (AvgIpc) is 3.34. The number of methoxy groups -OCH3 is 2. The van der Waals surface area contributed by atoms with Crippen molar-refractivity contribution in [3.63, 3.8) is 0 Å².